The summed E-state index contributed by atoms with van der Waals surface area (Å²) in [6.07, 6.45) is -0.798. The quantitative estimate of drug-likeness (QED) is 0.882. The number of hydrogen-bond acceptors (Lipinski definition) is 4. The first-order chi connectivity index (χ1) is 9.10. The van der Waals surface area contributed by atoms with Crippen molar-refractivity contribution in [2.75, 3.05) is 14.2 Å². The Hall–Kier alpha value is -0.750. The van der Waals surface area contributed by atoms with Gasteiger partial charge in [0.25, 0.3) is 0 Å². The molecule has 6 heteroatoms. The Labute approximate surface area is 128 Å². The Bertz CT molecular complexity index is 585. The maximum Gasteiger partial charge on any atom is 0.147 e. The van der Waals surface area contributed by atoms with Gasteiger partial charge in [-0.3, -0.25) is 0 Å². The van der Waals surface area contributed by atoms with Crippen LogP contribution < -0.4 is 9.47 Å². The molecule has 0 aliphatic rings. The molecule has 0 aliphatic heterocycles. The highest BCUT2D eigenvalue weighted by Crippen LogP contribution is 2.43. The molecule has 0 spiro atoms. The summed E-state index contributed by atoms with van der Waals surface area (Å²) in [4.78, 5) is 0.805. The fourth-order valence-electron chi connectivity index (χ4n) is 1.78. The third-order valence-electron chi connectivity index (χ3n) is 2.70. The monoisotopic (exact) mass is 362 g/mol. The molecule has 1 heterocycles. The summed E-state index contributed by atoms with van der Waals surface area (Å²) >= 11 is 11.1. The fourth-order valence-corrected chi connectivity index (χ4v) is 3.69. The van der Waals surface area contributed by atoms with E-state index in [9.17, 15) is 5.11 Å². The summed E-state index contributed by atoms with van der Waals surface area (Å²) in [6.45, 7) is 0. The number of ether oxygens (including phenoxy) is 2. The molecular formula is C13H12BrClO3S. The molecule has 0 saturated carbocycles. The van der Waals surface area contributed by atoms with E-state index >= 15 is 0 Å². The normalized spacial score (nSPS) is 12.3. The van der Waals surface area contributed by atoms with Crippen molar-refractivity contribution in [1.82, 2.24) is 0 Å². The van der Waals surface area contributed by atoms with Crippen LogP contribution in [0.5, 0.6) is 11.5 Å². The van der Waals surface area contributed by atoms with Crippen molar-refractivity contribution in [3.63, 3.8) is 0 Å². The standard InChI is InChI=1S/C13H12BrClO3S/c1-17-9-4-3-7(12(18-2)10(9)15)11(16)13-8(14)5-6-19-13/h3-6,11,16H,1-2H3. The SMILES string of the molecule is COc1ccc(C(O)c2sccc2Br)c(OC)c1Cl. The van der Waals surface area contributed by atoms with Gasteiger partial charge in [0.15, 0.2) is 0 Å². The molecule has 3 nitrogen and oxygen atoms in total. The summed E-state index contributed by atoms with van der Waals surface area (Å²) in [6, 6.07) is 5.35. The van der Waals surface area contributed by atoms with Crippen LogP contribution in [0.2, 0.25) is 5.02 Å². The predicted octanol–water partition coefficient (Wildman–Crippen LogP) is 4.26. The van der Waals surface area contributed by atoms with E-state index < -0.39 is 6.10 Å². The van der Waals surface area contributed by atoms with Crippen molar-refractivity contribution in [2.24, 2.45) is 0 Å². The van der Waals surface area contributed by atoms with Gasteiger partial charge in [-0.15, -0.1) is 11.3 Å². The minimum absolute atomic E-state index is 0.356. The van der Waals surface area contributed by atoms with E-state index in [1.165, 1.54) is 25.6 Å². The van der Waals surface area contributed by atoms with Crippen LogP contribution in [-0.4, -0.2) is 19.3 Å². The largest absolute Gasteiger partial charge is 0.495 e. The summed E-state index contributed by atoms with van der Waals surface area (Å²) in [5.74, 6) is 0.938. The van der Waals surface area contributed by atoms with Gasteiger partial charge in [-0.1, -0.05) is 11.6 Å². The third-order valence-corrected chi connectivity index (χ3v) is 4.99. The van der Waals surface area contributed by atoms with Gasteiger partial charge in [0, 0.05) is 10.0 Å². The molecule has 0 aliphatic carbocycles. The van der Waals surface area contributed by atoms with Crippen LogP contribution in [0, 0.1) is 0 Å². The maximum absolute atomic E-state index is 10.5. The summed E-state index contributed by atoms with van der Waals surface area (Å²) in [5.41, 5.74) is 0.608. The second-order valence-corrected chi connectivity index (χ2v) is 5.92. The maximum atomic E-state index is 10.5. The summed E-state index contributed by atoms with van der Waals surface area (Å²) in [7, 11) is 3.05. The number of rotatable bonds is 4. The molecule has 0 fully saturated rings. The number of aliphatic hydroxyl groups excluding tert-OH is 1. The van der Waals surface area contributed by atoms with Gasteiger partial charge < -0.3 is 14.6 Å². The molecule has 2 aromatic rings. The molecule has 1 unspecified atom stereocenters. The van der Waals surface area contributed by atoms with Gasteiger partial charge >= 0.3 is 0 Å². The van der Waals surface area contributed by atoms with E-state index in [-0.39, 0.29) is 0 Å². The van der Waals surface area contributed by atoms with Crippen molar-refractivity contribution in [3.8, 4) is 11.5 Å². The van der Waals surface area contributed by atoms with Gasteiger partial charge in [0.2, 0.25) is 0 Å². The van der Waals surface area contributed by atoms with Crippen molar-refractivity contribution < 1.29 is 14.6 Å². The zero-order valence-electron chi connectivity index (χ0n) is 10.3. The molecule has 102 valence electrons. The number of thiophene rings is 1. The van der Waals surface area contributed by atoms with Crippen LogP contribution in [0.1, 0.15) is 16.5 Å². The second-order valence-electron chi connectivity index (χ2n) is 3.74. The van der Waals surface area contributed by atoms with E-state index in [0.717, 1.165) is 9.35 Å². The second kappa shape index (κ2) is 6.13. The molecule has 1 aromatic heterocycles. The smallest absolute Gasteiger partial charge is 0.147 e. The average Bonchev–Trinajstić information content (AvgIpc) is 2.83. The lowest BCUT2D eigenvalue weighted by atomic mass is 10.1. The van der Waals surface area contributed by atoms with E-state index in [2.05, 4.69) is 15.9 Å². The van der Waals surface area contributed by atoms with Crippen molar-refractivity contribution in [2.45, 2.75) is 6.10 Å². The first kappa shape index (κ1) is 14.7. The Morgan fingerprint density at radius 1 is 1.26 bits per heavy atom. The number of methoxy groups -OCH3 is 2. The molecule has 2 rings (SSSR count). The lowest BCUT2D eigenvalue weighted by Crippen LogP contribution is -2.02. The number of benzene rings is 1. The Morgan fingerprint density at radius 2 is 2.00 bits per heavy atom. The third kappa shape index (κ3) is 2.74. The Morgan fingerprint density at radius 3 is 2.53 bits per heavy atom. The molecule has 0 bridgehead atoms. The lowest BCUT2D eigenvalue weighted by molar-refractivity contribution is 0.217. The highest BCUT2D eigenvalue weighted by Gasteiger charge is 2.22. The van der Waals surface area contributed by atoms with Gasteiger partial charge in [0.1, 0.15) is 22.6 Å². The molecule has 1 N–H and O–H groups in total. The number of hydrogen-bond donors (Lipinski definition) is 1. The highest BCUT2D eigenvalue weighted by molar-refractivity contribution is 9.10. The first-order valence-corrected chi connectivity index (χ1v) is 7.46. The zero-order chi connectivity index (χ0) is 14.0. The van der Waals surface area contributed by atoms with Crippen molar-refractivity contribution >= 4 is 38.9 Å². The van der Waals surface area contributed by atoms with E-state index in [0.29, 0.717) is 22.1 Å². The molecular weight excluding hydrogens is 352 g/mol. The van der Waals surface area contributed by atoms with Crippen molar-refractivity contribution in [3.05, 3.63) is 43.5 Å². The minimum atomic E-state index is -0.798. The number of halogens is 2. The molecule has 1 atom stereocenters. The van der Waals surface area contributed by atoms with E-state index in [4.69, 9.17) is 21.1 Å². The van der Waals surface area contributed by atoms with Gasteiger partial charge in [0.05, 0.1) is 19.1 Å². The van der Waals surface area contributed by atoms with Crippen LogP contribution in [0.4, 0.5) is 0 Å². The molecule has 0 amide bonds. The van der Waals surface area contributed by atoms with Crippen LogP contribution in [0.3, 0.4) is 0 Å². The van der Waals surface area contributed by atoms with E-state index in [1.54, 1.807) is 12.1 Å². The topological polar surface area (TPSA) is 38.7 Å². The van der Waals surface area contributed by atoms with Crippen molar-refractivity contribution in [1.29, 1.82) is 0 Å². The van der Waals surface area contributed by atoms with E-state index in [1.807, 2.05) is 11.4 Å². The van der Waals surface area contributed by atoms with Gasteiger partial charge in [-0.25, -0.2) is 0 Å². The first-order valence-electron chi connectivity index (χ1n) is 5.41. The summed E-state index contributed by atoms with van der Waals surface area (Å²) < 4.78 is 11.3. The molecule has 1 aromatic carbocycles. The van der Waals surface area contributed by atoms with Gasteiger partial charge in [-0.05, 0) is 39.5 Å². The Kier molecular flexibility index (Phi) is 4.73. The number of aliphatic hydroxyl groups is 1. The van der Waals surface area contributed by atoms with Gasteiger partial charge in [-0.2, -0.15) is 0 Å². The molecule has 0 radical (unpaired) electrons. The summed E-state index contributed by atoms with van der Waals surface area (Å²) in [5, 5.41) is 12.7. The van der Waals surface area contributed by atoms with Crippen LogP contribution in [0.15, 0.2) is 28.1 Å². The van der Waals surface area contributed by atoms with Crippen LogP contribution in [-0.2, 0) is 0 Å². The minimum Gasteiger partial charge on any atom is -0.495 e. The fraction of sp³-hybridized carbons (Fsp3) is 0.231. The average molecular weight is 364 g/mol. The lowest BCUT2D eigenvalue weighted by Gasteiger charge is -2.17. The van der Waals surface area contributed by atoms with Crippen LogP contribution in [0.25, 0.3) is 0 Å². The highest BCUT2D eigenvalue weighted by atomic mass is 79.9. The molecule has 19 heavy (non-hydrogen) atoms. The van der Waals surface area contributed by atoms with Crippen LogP contribution >= 0.6 is 38.9 Å². The Balaban J connectivity index is 2.51. The zero-order valence-corrected chi connectivity index (χ0v) is 13.5. The predicted molar refractivity (Wildman–Crippen MR) is 80.6 cm³/mol. The molecule has 0 saturated heterocycles.